The highest BCUT2D eigenvalue weighted by molar-refractivity contribution is 7.99. The third-order valence-corrected chi connectivity index (χ3v) is 6.48. The van der Waals surface area contributed by atoms with Crippen LogP contribution in [0.2, 0.25) is 10.0 Å². The second kappa shape index (κ2) is 8.24. The molecular weight excluding hydrogens is 437 g/mol. The maximum atomic E-state index is 6.35. The average molecular weight is 452 g/mol. The molecule has 0 amide bonds. The van der Waals surface area contributed by atoms with Crippen LogP contribution in [-0.4, -0.2) is 25.0 Å². The van der Waals surface area contributed by atoms with Gasteiger partial charge in [-0.3, -0.25) is 0 Å². The molecule has 0 unspecified atom stereocenters. The predicted octanol–water partition coefficient (Wildman–Crippen LogP) is 6.24. The van der Waals surface area contributed by atoms with Crippen LogP contribution in [0.25, 0.3) is 22.2 Å². The van der Waals surface area contributed by atoms with Crippen molar-refractivity contribution in [1.29, 1.82) is 0 Å². The molecule has 4 rings (SSSR count). The number of benzene rings is 1. The van der Waals surface area contributed by atoms with Gasteiger partial charge in [0.05, 0.1) is 15.1 Å². The van der Waals surface area contributed by atoms with Crippen LogP contribution < -0.4 is 0 Å². The molecular formula is C18H15Cl2N5OS2. The first-order valence-electron chi connectivity index (χ1n) is 8.49. The van der Waals surface area contributed by atoms with Crippen LogP contribution in [0, 0.1) is 0 Å². The molecule has 3 heterocycles. The van der Waals surface area contributed by atoms with Crippen molar-refractivity contribution in [2.75, 3.05) is 0 Å². The molecule has 1 atom stereocenters. The minimum Gasteiger partial charge on any atom is -0.419 e. The Balaban J connectivity index is 1.59. The maximum absolute atomic E-state index is 6.35. The zero-order chi connectivity index (χ0) is 19.7. The number of thiophene rings is 1. The molecule has 144 valence electrons. The summed E-state index contributed by atoms with van der Waals surface area (Å²) >= 11 is 15.4. The summed E-state index contributed by atoms with van der Waals surface area (Å²) in [7, 11) is 0. The third-order valence-electron chi connectivity index (χ3n) is 4.01. The van der Waals surface area contributed by atoms with Crippen LogP contribution in [0.1, 0.15) is 25.0 Å². The summed E-state index contributed by atoms with van der Waals surface area (Å²) in [5, 5.41) is 20.8. The Morgan fingerprint density at radius 2 is 2.04 bits per heavy atom. The number of thioether (sulfide) groups is 1. The lowest BCUT2D eigenvalue weighted by atomic mass is 10.2. The van der Waals surface area contributed by atoms with Crippen molar-refractivity contribution in [2.45, 2.75) is 30.8 Å². The van der Waals surface area contributed by atoms with Gasteiger partial charge in [0.1, 0.15) is 0 Å². The molecule has 0 radical (unpaired) electrons. The van der Waals surface area contributed by atoms with Crippen LogP contribution in [0.3, 0.4) is 0 Å². The fraction of sp³-hybridized carbons (Fsp3) is 0.222. The summed E-state index contributed by atoms with van der Waals surface area (Å²) in [5.74, 6) is 1.77. The molecule has 6 nitrogen and oxygen atoms in total. The molecule has 0 aliphatic carbocycles. The molecule has 3 aromatic heterocycles. The first-order valence-corrected chi connectivity index (χ1v) is 11.0. The van der Waals surface area contributed by atoms with Crippen molar-refractivity contribution < 1.29 is 4.42 Å². The first-order chi connectivity index (χ1) is 13.6. The van der Waals surface area contributed by atoms with Gasteiger partial charge in [-0.15, -0.1) is 31.7 Å². The monoisotopic (exact) mass is 451 g/mol. The number of hydrogen-bond donors (Lipinski definition) is 0. The quantitative estimate of drug-likeness (QED) is 0.323. The average Bonchev–Trinajstić information content (AvgIpc) is 3.42. The number of halogens is 2. The van der Waals surface area contributed by atoms with Crippen LogP contribution in [0.5, 0.6) is 0 Å². The van der Waals surface area contributed by atoms with Crippen molar-refractivity contribution in [2.24, 2.45) is 0 Å². The number of aromatic nitrogens is 5. The van der Waals surface area contributed by atoms with Gasteiger partial charge >= 0.3 is 0 Å². The lowest BCUT2D eigenvalue weighted by molar-refractivity contribution is 0.509. The van der Waals surface area contributed by atoms with Gasteiger partial charge in [0.25, 0.3) is 5.89 Å². The molecule has 0 N–H and O–H groups in total. The van der Waals surface area contributed by atoms with Crippen molar-refractivity contribution in [3.8, 4) is 22.2 Å². The number of rotatable bonds is 6. The molecule has 4 aromatic rings. The smallest absolute Gasteiger partial charge is 0.257 e. The highest BCUT2D eigenvalue weighted by Crippen LogP contribution is 2.37. The summed E-state index contributed by atoms with van der Waals surface area (Å²) < 4.78 is 7.84. The molecule has 0 spiro atoms. The second-order valence-electron chi connectivity index (χ2n) is 5.86. The van der Waals surface area contributed by atoms with Crippen LogP contribution >= 0.6 is 46.3 Å². The third kappa shape index (κ3) is 3.82. The summed E-state index contributed by atoms with van der Waals surface area (Å²) in [6, 6.07) is 9.25. The van der Waals surface area contributed by atoms with Crippen LogP contribution in [0.4, 0.5) is 0 Å². The van der Waals surface area contributed by atoms with Gasteiger partial charge in [-0.05, 0) is 43.5 Å². The Bertz CT molecular complexity index is 1090. The summed E-state index contributed by atoms with van der Waals surface area (Å²) in [4.78, 5) is 0.951. The van der Waals surface area contributed by atoms with E-state index in [0.29, 0.717) is 34.2 Å². The zero-order valence-electron chi connectivity index (χ0n) is 15.0. The van der Waals surface area contributed by atoms with E-state index in [4.69, 9.17) is 27.6 Å². The van der Waals surface area contributed by atoms with E-state index in [1.54, 1.807) is 23.5 Å². The molecule has 0 aliphatic heterocycles. The zero-order valence-corrected chi connectivity index (χ0v) is 18.1. The number of hydrogen-bond acceptors (Lipinski definition) is 7. The maximum Gasteiger partial charge on any atom is 0.257 e. The summed E-state index contributed by atoms with van der Waals surface area (Å²) in [6.45, 7) is 4.73. The Labute approximate surface area is 179 Å². The molecule has 28 heavy (non-hydrogen) atoms. The van der Waals surface area contributed by atoms with Crippen molar-refractivity contribution >= 4 is 46.3 Å². The Morgan fingerprint density at radius 1 is 1.18 bits per heavy atom. The van der Waals surface area contributed by atoms with E-state index in [0.717, 1.165) is 15.6 Å². The van der Waals surface area contributed by atoms with Gasteiger partial charge in [-0.25, -0.2) is 0 Å². The molecule has 0 saturated carbocycles. The molecule has 0 saturated heterocycles. The largest absolute Gasteiger partial charge is 0.419 e. The van der Waals surface area contributed by atoms with Gasteiger partial charge in [0.15, 0.2) is 11.0 Å². The van der Waals surface area contributed by atoms with Gasteiger partial charge in [0.2, 0.25) is 5.89 Å². The van der Waals surface area contributed by atoms with E-state index >= 15 is 0 Å². The Morgan fingerprint density at radius 3 is 2.75 bits per heavy atom. The number of nitrogens with zero attached hydrogens (tertiary/aromatic N) is 5. The highest BCUT2D eigenvalue weighted by atomic mass is 35.5. The molecule has 0 aliphatic rings. The predicted molar refractivity (Wildman–Crippen MR) is 113 cm³/mol. The lowest BCUT2D eigenvalue weighted by Crippen LogP contribution is -2.01. The van der Waals surface area contributed by atoms with E-state index < -0.39 is 0 Å². The van der Waals surface area contributed by atoms with Gasteiger partial charge in [0, 0.05) is 17.1 Å². The fourth-order valence-electron chi connectivity index (χ4n) is 2.64. The van der Waals surface area contributed by atoms with Crippen LogP contribution in [0.15, 0.2) is 45.3 Å². The van der Waals surface area contributed by atoms with Crippen molar-refractivity contribution in [1.82, 2.24) is 25.0 Å². The van der Waals surface area contributed by atoms with Gasteiger partial charge in [-0.1, -0.05) is 41.0 Å². The highest BCUT2D eigenvalue weighted by Gasteiger charge is 2.22. The lowest BCUT2D eigenvalue weighted by Gasteiger charge is -2.10. The topological polar surface area (TPSA) is 69.6 Å². The molecule has 0 fully saturated rings. The van der Waals surface area contributed by atoms with Gasteiger partial charge < -0.3 is 8.98 Å². The van der Waals surface area contributed by atoms with E-state index in [1.165, 1.54) is 11.8 Å². The molecule has 0 bridgehead atoms. The van der Waals surface area contributed by atoms with Crippen molar-refractivity contribution in [3.05, 3.63) is 51.6 Å². The van der Waals surface area contributed by atoms with E-state index in [1.807, 2.05) is 42.0 Å². The summed E-state index contributed by atoms with van der Waals surface area (Å²) in [5.41, 5.74) is 0.790. The van der Waals surface area contributed by atoms with Gasteiger partial charge in [-0.2, -0.15) is 0 Å². The standard InChI is InChI=1S/C18H15Cl2N5OS2/c1-3-25-15(12-7-6-11(19)9-13(12)20)21-24-18(25)28-10(2)16-22-23-17(26-16)14-5-4-8-27-14/h4-10H,3H2,1-2H3/t10-/m0/s1. The van der Waals surface area contributed by atoms with E-state index in [-0.39, 0.29) is 5.25 Å². The normalized spacial score (nSPS) is 12.4. The Kier molecular flexibility index (Phi) is 5.73. The van der Waals surface area contributed by atoms with Crippen LogP contribution in [-0.2, 0) is 6.54 Å². The minimum absolute atomic E-state index is 0.0794. The summed E-state index contributed by atoms with van der Waals surface area (Å²) in [6.07, 6.45) is 0. The first kappa shape index (κ1) is 19.4. The van der Waals surface area contributed by atoms with Crippen molar-refractivity contribution in [3.63, 3.8) is 0 Å². The molecule has 10 heteroatoms. The second-order valence-corrected chi connectivity index (χ2v) is 8.96. The van der Waals surface area contributed by atoms with E-state index in [9.17, 15) is 0 Å². The molecule has 1 aromatic carbocycles. The SMILES string of the molecule is CCn1c(S[C@@H](C)c2nnc(-c3cccs3)o2)nnc1-c1ccc(Cl)cc1Cl. The minimum atomic E-state index is -0.0794. The fourth-order valence-corrected chi connectivity index (χ4v) is 4.72. The van der Waals surface area contributed by atoms with E-state index in [2.05, 4.69) is 20.4 Å². The Hall–Kier alpha value is -1.87.